The van der Waals surface area contributed by atoms with Crippen LogP contribution < -0.4 is 0 Å². The molecule has 53 heavy (non-hydrogen) atoms. The fourth-order valence-corrected chi connectivity index (χ4v) is 8.65. The number of hydrogen-bond donors (Lipinski definition) is 0. The van der Waals surface area contributed by atoms with Crippen molar-refractivity contribution in [3.8, 4) is 67.3 Å². The maximum Gasteiger partial charge on any atom is 0.160 e. The summed E-state index contributed by atoms with van der Waals surface area (Å²) in [4.78, 5) is 10.4. The second-order valence-electron chi connectivity index (χ2n) is 13.4. The maximum absolute atomic E-state index is 5.28. The molecule has 2 aromatic heterocycles. The highest BCUT2D eigenvalue weighted by Gasteiger charge is 2.17. The van der Waals surface area contributed by atoms with Gasteiger partial charge in [-0.2, -0.15) is 0 Å². The van der Waals surface area contributed by atoms with Crippen LogP contribution in [0.15, 0.2) is 194 Å². The Hall–Kier alpha value is -6.68. The van der Waals surface area contributed by atoms with Crippen molar-refractivity contribution in [2.75, 3.05) is 0 Å². The number of thiophene rings is 1. The molecule has 0 aliphatic carbocycles. The van der Waals surface area contributed by atoms with Crippen molar-refractivity contribution in [1.29, 1.82) is 0 Å². The van der Waals surface area contributed by atoms with Crippen LogP contribution in [0.1, 0.15) is 0 Å². The first-order chi connectivity index (χ1) is 26.2. The molecule has 0 fully saturated rings. The molecular weight excluding hydrogens is 661 g/mol. The molecule has 0 saturated heterocycles. The average molecular weight is 693 g/mol. The van der Waals surface area contributed by atoms with Gasteiger partial charge in [-0.3, -0.25) is 0 Å². The summed E-state index contributed by atoms with van der Waals surface area (Å²) in [6, 6.07) is 69.4. The molecule has 248 valence electrons. The SMILES string of the molecule is c1ccc(-c2cc(-c3cc(-c4ccccc4-c4ccc5ccccc5c4)cc(-c4cccc5sc6ccccc6c45)c3)nc(-c3ccccc3)n2)cc1. The second-order valence-corrected chi connectivity index (χ2v) is 14.5. The molecule has 0 saturated carbocycles. The van der Waals surface area contributed by atoms with Gasteiger partial charge in [0.15, 0.2) is 5.82 Å². The Morgan fingerprint density at radius 3 is 1.68 bits per heavy atom. The smallest absolute Gasteiger partial charge is 0.160 e. The summed E-state index contributed by atoms with van der Waals surface area (Å²) in [5.41, 5.74) is 11.9. The predicted molar refractivity (Wildman–Crippen MR) is 225 cm³/mol. The van der Waals surface area contributed by atoms with E-state index < -0.39 is 0 Å². The highest BCUT2D eigenvalue weighted by molar-refractivity contribution is 7.25. The Morgan fingerprint density at radius 1 is 0.321 bits per heavy atom. The largest absolute Gasteiger partial charge is 0.228 e. The van der Waals surface area contributed by atoms with E-state index in [9.17, 15) is 0 Å². The van der Waals surface area contributed by atoms with Crippen molar-refractivity contribution in [2.24, 2.45) is 0 Å². The molecule has 3 heteroatoms. The minimum Gasteiger partial charge on any atom is -0.228 e. The Labute approximate surface area is 312 Å². The van der Waals surface area contributed by atoms with Crippen molar-refractivity contribution in [2.45, 2.75) is 0 Å². The van der Waals surface area contributed by atoms with Crippen LogP contribution in [0.25, 0.3) is 98.2 Å². The molecule has 0 radical (unpaired) electrons. The van der Waals surface area contributed by atoms with Gasteiger partial charge in [0.05, 0.1) is 11.4 Å². The van der Waals surface area contributed by atoms with Gasteiger partial charge in [-0.05, 0) is 86.6 Å². The Bertz CT molecular complexity index is 2890. The number of benzene rings is 8. The lowest BCUT2D eigenvalue weighted by atomic mass is 9.89. The van der Waals surface area contributed by atoms with E-state index in [1.54, 1.807) is 0 Å². The van der Waals surface area contributed by atoms with Gasteiger partial charge in [0.1, 0.15) is 0 Å². The van der Waals surface area contributed by atoms with E-state index in [0.29, 0.717) is 5.82 Å². The van der Waals surface area contributed by atoms with Crippen molar-refractivity contribution < 1.29 is 0 Å². The Kier molecular flexibility index (Phi) is 7.71. The second kappa shape index (κ2) is 13.1. The van der Waals surface area contributed by atoms with Crippen LogP contribution in [-0.4, -0.2) is 9.97 Å². The topological polar surface area (TPSA) is 25.8 Å². The summed E-state index contributed by atoms with van der Waals surface area (Å²) in [7, 11) is 0. The number of fused-ring (bicyclic) bond motifs is 4. The molecule has 0 aliphatic heterocycles. The number of nitrogens with zero attached hydrogens (tertiary/aromatic N) is 2. The molecule has 10 rings (SSSR count). The highest BCUT2D eigenvalue weighted by atomic mass is 32.1. The van der Waals surface area contributed by atoms with Crippen LogP contribution in [0.3, 0.4) is 0 Å². The summed E-state index contributed by atoms with van der Waals surface area (Å²) >= 11 is 1.85. The zero-order valence-corrected chi connectivity index (χ0v) is 29.6. The van der Waals surface area contributed by atoms with Crippen molar-refractivity contribution in [3.63, 3.8) is 0 Å². The summed E-state index contributed by atoms with van der Waals surface area (Å²) < 4.78 is 2.58. The van der Waals surface area contributed by atoms with E-state index >= 15 is 0 Å². The molecule has 0 aliphatic rings. The van der Waals surface area contributed by atoms with Crippen molar-refractivity contribution in [3.05, 3.63) is 194 Å². The summed E-state index contributed by atoms with van der Waals surface area (Å²) in [6.45, 7) is 0. The first kappa shape index (κ1) is 31.1. The molecule has 0 bridgehead atoms. The summed E-state index contributed by atoms with van der Waals surface area (Å²) in [6.07, 6.45) is 0. The number of aromatic nitrogens is 2. The molecule has 0 spiro atoms. The van der Waals surface area contributed by atoms with Gasteiger partial charge in [0.25, 0.3) is 0 Å². The van der Waals surface area contributed by atoms with E-state index in [0.717, 1.165) is 39.2 Å². The molecule has 10 aromatic rings. The first-order valence-electron chi connectivity index (χ1n) is 17.9. The van der Waals surface area contributed by atoms with E-state index in [2.05, 4.69) is 170 Å². The number of hydrogen-bond acceptors (Lipinski definition) is 3. The summed E-state index contributed by atoms with van der Waals surface area (Å²) in [5.74, 6) is 0.705. The van der Waals surface area contributed by atoms with Crippen LogP contribution in [0.2, 0.25) is 0 Å². The van der Waals surface area contributed by atoms with Gasteiger partial charge in [0, 0.05) is 36.9 Å². The average Bonchev–Trinajstić information content (AvgIpc) is 3.63. The highest BCUT2D eigenvalue weighted by Crippen LogP contribution is 2.43. The van der Waals surface area contributed by atoms with Gasteiger partial charge < -0.3 is 0 Å². The third-order valence-corrected chi connectivity index (χ3v) is 11.2. The standard InChI is InChI=1S/C50H32N2S/c1-3-15-34(16-4-1)45-32-46(52-50(51-45)35-17-5-2-6-18-35)40-30-38(42-21-10-9-20-41(42)37-27-26-33-14-7-8-19-36(33)28-37)29-39(31-40)43-23-13-25-48-49(43)44-22-11-12-24-47(44)53-48/h1-32H. The molecule has 0 N–H and O–H groups in total. The molecular formula is C50H32N2S. The normalized spacial score (nSPS) is 11.4. The quantitative estimate of drug-likeness (QED) is 0.173. The minimum atomic E-state index is 0.705. The number of rotatable bonds is 6. The van der Waals surface area contributed by atoms with Crippen LogP contribution >= 0.6 is 11.3 Å². The first-order valence-corrected chi connectivity index (χ1v) is 18.7. The van der Waals surface area contributed by atoms with Crippen LogP contribution in [0.4, 0.5) is 0 Å². The lowest BCUT2D eigenvalue weighted by Gasteiger charge is -2.16. The third kappa shape index (κ3) is 5.78. The monoisotopic (exact) mass is 692 g/mol. The van der Waals surface area contributed by atoms with Gasteiger partial charge in [-0.15, -0.1) is 11.3 Å². The zero-order chi connectivity index (χ0) is 35.1. The van der Waals surface area contributed by atoms with E-state index in [-0.39, 0.29) is 0 Å². The van der Waals surface area contributed by atoms with Gasteiger partial charge in [0.2, 0.25) is 0 Å². The predicted octanol–water partition coefficient (Wildman–Crippen LogP) is 14.0. The minimum absolute atomic E-state index is 0.705. The molecule has 0 amide bonds. The molecule has 0 unspecified atom stereocenters. The Balaban J connectivity index is 1.24. The van der Waals surface area contributed by atoms with Crippen molar-refractivity contribution in [1.82, 2.24) is 9.97 Å². The molecule has 2 heterocycles. The van der Waals surface area contributed by atoms with E-state index in [1.165, 1.54) is 53.2 Å². The summed E-state index contributed by atoms with van der Waals surface area (Å²) in [5, 5.41) is 5.04. The van der Waals surface area contributed by atoms with Gasteiger partial charge in [-0.25, -0.2) is 9.97 Å². The van der Waals surface area contributed by atoms with Gasteiger partial charge in [-0.1, -0.05) is 152 Å². The fraction of sp³-hybridized carbons (Fsp3) is 0. The van der Waals surface area contributed by atoms with Crippen LogP contribution in [-0.2, 0) is 0 Å². The molecule has 8 aromatic carbocycles. The van der Waals surface area contributed by atoms with Crippen LogP contribution in [0, 0.1) is 0 Å². The van der Waals surface area contributed by atoms with E-state index in [1.807, 2.05) is 35.6 Å². The molecule has 2 nitrogen and oxygen atoms in total. The molecule has 0 atom stereocenters. The van der Waals surface area contributed by atoms with Gasteiger partial charge >= 0.3 is 0 Å². The lowest BCUT2D eigenvalue weighted by molar-refractivity contribution is 1.18. The van der Waals surface area contributed by atoms with Crippen molar-refractivity contribution >= 4 is 42.3 Å². The van der Waals surface area contributed by atoms with Crippen LogP contribution in [0.5, 0.6) is 0 Å². The third-order valence-electron chi connectivity index (χ3n) is 10.1. The lowest BCUT2D eigenvalue weighted by Crippen LogP contribution is -1.97. The maximum atomic E-state index is 5.28. The Morgan fingerprint density at radius 2 is 0.887 bits per heavy atom. The zero-order valence-electron chi connectivity index (χ0n) is 28.8. The van der Waals surface area contributed by atoms with E-state index in [4.69, 9.17) is 9.97 Å². The fourth-order valence-electron chi connectivity index (χ4n) is 7.51.